The van der Waals surface area contributed by atoms with Crippen LogP contribution in [0, 0.1) is 5.82 Å². The van der Waals surface area contributed by atoms with Crippen molar-refractivity contribution in [3.05, 3.63) is 71.7 Å². The lowest BCUT2D eigenvalue weighted by atomic mass is 10.0. The van der Waals surface area contributed by atoms with Gasteiger partial charge in [-0.2, -0.15) is 0 Å². The zero-order valence-electron chi connectivity index (χ0n) is 17.6. The van der Waals surface area contributed by atoms with Gasteiger partial charge in [0.15, 0.2) is 0 Å². The number of carbonyl (C=O) groups excluding carboxylic acids is 2. The highest BCUT2D eigenvalue weighted by Crippen LogP contribution is 2.21. The molecule has 1 fully saturated rings. The van der Waals surface area contributed by atoms with Gasteiger partial charge in [0.05, 0.1) is 6.04 Å². The second-order valence-electron chi connectivity index (χ2n) is 8.10. The Balaban J connectivity index is 1.37. The minimum atomic E-state index is -0.784. The zero-order chi connectivity index (χ0) is 22.7. The Morgan fingerprint density at radius 1 is 1.16 bits per heavy atom. The van der Waals surface area contributed by atoms with Crippen molar-refractivity contribution in [3.8, 4) is 0 Å². The molecular weight excluding hydrogens is 409 g/mol. The zero-order valence-corrected chi connectivity index (χ0v) is 17.6. The van der Waals surface area contributed by atoms with E-state index in [1.807, 2.05) is 24.3 Å². The molecule has 2 amide bonds. The summed E-state index contributed by atoms with van der Waals surface area (Å²) in [5.74, 6) is -0.327. The van der Waals surface area contributed by atoms with Gasteiger partial charge in [0.2, 0.25) is 11.8 Å². The summed E-state index contributed by atoms with van der Waals surface area (Å²) >= 11 is 0. The number of hydrogen-bond donors (Lipinski definition) is 3. The summed E-state index contributed by atoms with van der Waals surface area (Å²) in [5, 5.41) is 4.76. The van der Waals surface area contributed by atoms with Crippen molar-refractivity contribution in [3.63, 3.8) is 0 Å². The van der Waals surface area contributed by atoms with Gasteiger partial charge in [-0.05, 0) is 60.0 Å². The van der Waals surface area contributed by atoms with Gasteiger partial charge in [0.1, 0.15) is 17.7 Å². The van der Waals surface area contributed by atoms with Crippen LogP contribution in [-0.4, -0.2) is 40.3 Å². The molecule has 1 saturated heterocycles. The van der Waals surface area contributed by atoms with E-state index in [1.54, 1.807) is 23.2 Å². The first-order chi connectivity index (χ1) is 15.4. The molecule has 2 atom stereocenters. The smallest absolute Gasteiger partial charge is 0.243 e. The van der Waals surface area contributed by atoms with Crippen LogP contribution in [-0.2, 0) is 22.6 Å². The van der Waals surface area contributed by atoms with Crippen molar-refractivity contribution in [1.29, 1.82) is 0 Å². The van der Waals surface area contributed by atoms with Gasteiger partial charge in [-0.1, -0.05) is 24.3 Å². The quantitative estimate of drug-likeness (QED) is 0.549. The molecule has 0 saturated carbocycles. The third kappa shape index (κ3) is 4.70. The average molecular weight is 436 g/mol. The molecule has 4 rings (SSSR count). The summed E-state index contributed by atoms with van der Waals surface area (Å²) in [5.41, 5.74) is 13.7. The lowest BCUT2D eigenvalue weighted by Crippen LogP contribution is -2.51. The van der Waals surface area contributed by atoms with E-state index in [0.717, 1.165) is 28.3 Å². The molecule has 7 nitrogen and oxygen atoms in total. The van der Waals surface area contributed by atoms with Crippen LogP contribution in [0.25, 0.3) is 10.8 Å². The number of nitrogens with one attached hydrogen (secondary N) is 1. The summed E-state index contributed by atoms with van der Waals surface area (Å²) in [6.07, 6.45) is 3.28. The number of halogens is 1. The lowest BCUT2D eigenvalue weighted by Gasteiger charge is -2.27. The first-order valence-electron chi connectivity index (χ1n) is 10.6. The van der Waals surface area contributed by atoms with Crippen molar-refractivity contribution in [2.24, 2.45) is 5.73 Å². The normalized spacial score (nSPS) is 16.8. The van der Waals surface area contributed by atoms with Crippen LogP contribution in [0.2, 0.25) is 0 Å². The number of aromatic nitrogens is 1. The number of hydrogen-bond acceptors (Lipinski definition) is 5. The summed E-state index contributed by atoms with van der Waals surface area (Å²) in [6.45, 7) is 0.841. The minimum Gasteiger partial charge on any atom is -0.383 e. The molecule has 0 spiro atoms. The Morgan fingerprint density at radius 3 is 2.69 bits per heavy atom. The fourth-order valence-electron chi connectivity index (χ4n) is 4.15. The molecule has 8 heteroatoms. The molecule has 1 aliphatic heterocycles. The largest absolute Gasteiger partial charge is 0.383 e. The maximum absolute atomic E-state index is 13.1. The van der Waals surface area contributed by atoms with Gasteiger partial charge in [-0.15, -0.1) is 0 Å². The Morgan fingerprint density at radius 2 is 1.91 bits per heavy atom. The van der Waals surface area contributed by atoms with E-state index >= 15 is 0 Å². The van der Waals surface area contributed by atoms with Crippen LogP contribution < -0.4 is 16.8 Å². The van der Waals surface area contributed by atoms with E-state index < -0.39 is 12.1 Å². The summed E-state index contributed by atoms with van der Waals surface area (Å²) in [6, 6.07) is 12.2. The average Bonchev–Trinajstić information content (AvgIpc) is 3.28. The van der Waals surface area contributed by atoms with Gasteiger partial charge in [0.25, 0.3) is 0 Å². The molecule has 0 radical (unpaired) electrons. The van der Waals surface area contributed by atoms with Gasteiger partial charge < -0.3 is 21.7 Å². The highest BCUT2D eigenvalue weighted by molar-refractivity contribution is 5.92. The third-order valence-electron chi connectivity index (χ3n) is 5.85. The number of anilines is 1. The molecule has 5 N–H and O–H groups in total. The molecule has 166 valence electrons. The highest BCUT2D eigenvalue weighted by Gasteiger charge is 2.36. The Kier molecular flexibility index (Phi) is 6.32. The number of pyridine rings is 1. The van der Waals surface area contributed by atoms with Crippen LogP contribution in [0.5, 0.6) is 0 Å². The third-order valence-corrected chi connectivity index (χ3v) is 5.85. The number of rotatable bonds is 6. The van der Waals surface area contributed by atoms with E-state index in [2.05, 4.69) is 10.3 Å². The number of carbonyl (C=O) groups is 2. The van der Waals surface area contributed by atoms with E-state index in [9.17, 15) is 14.0 Å². The van der Waals surface area contributed by atoms with Crippen molar-refractivity contribution in [1.82, 2.24) is 15.2 Å². The Labute approximate surface area is 185 Å². The molecule has 1 aromatic heterocycles. The summed E-state index contributed by atoms with van der Waals surface area (Å²) < 4.78 is 13.1. The maximum atomic E-state index is 13.1. The van der Waals surface area contributed by atoms with Crippen molar-refractivity contribution >= 4 is 28.4 Å². The number of amides is 2. The van der Waals surface area contributed by atoms with E-state index in [0.29, 0.717) is 31.7 Å². The fourth-order valence-corrected chi connectivity index (χ4v) is 4.15. The van der Waals surface area contributed by atoms with Crippen LogP contribution >= 0.6 is 0 Å². The Bertz CT molecular complexity index is 1130. The van der Waals surface area contributed by atoms with Crippen molar-refractivity contribution < 1.29 is 14.0 Å². The van der Waals surface area contributed by atoms with Gasteiger partial charge in [0, 0.05) is 24.7 Å². The lowest BCUT2D eigenvalue weighted by molar-refractivity contribution is -0.139. The van der Waals surface area contributed by atoms with Crippen LogP contribution in [0.15, 0.2) is 54.7 Å². The summed E-state index contributed by atoms with van der Waals surface area (Å²) in [4.78, 5) is 31.4. The molecule has 0 aliphatic carbocycles. The molecule has 2 heterocycles. The van der Waals surface area contributed by atoms with E-state index in [4.69, 9.17) is 11.5 Å². The van der Waals surface area contributed by atoms with Crippen LogP contribution in [0.1, 0.15) is 24.0 Å². The topological polar surface area (TPSA) is 114 Å². The first kappa shape index (κ1) is 21.7. The van der Waals surface area contributed by atoms with Gasteiger partial charge in [-0.25, -0.2) is 9.37 Å². The van der Waals surface area contributed by atoms with Crippen molar-refractivity contribution in [2.45, 2.75) is 37.9 Å². The number of likely N-dealkylation sites (tertiary alicyclic amines) is 1. The summed E-state index contributed by atoms with van der Waals surface area (Å²) in [7, 11) is 0. The van der Waals surface area contributed by atoms with E-state index in [1.165, 1.54) is 12.1 Å². The second kappa shape index (κ2) is 9.32. The van der Waals surface area contributed by atoms with Crippen molar-refractivity contribution in [2.75, 3.05) is 12.3 Å². The standard InChI is InChI=1S/C24H26FN5O2/c25-18-6-3-15(4-7-18)13-20(26)24(32)30-11-1-2-21(30)23(31)29-14-16-5-8-19-17(12-16)9-10-28-22(19)27/h3-10,12,20-21H,1-2,11,13-14,26H2,(H2,27,28)(H,29,31)/t20?,21-/m0/s1. The Hall–Kier alpha value is -3.52. The minimum absolute atomic E-state index is 0.195. The molecule has 1 unspecified atom stereocenters. The van der Waals surface area contributed by atoms with Crippen LogP contribution in [0.3, 0.4) is 0 Å². The predicted octanol–water partition coefficient (Wildman–Crippen LogP) is 2.13. The molecule has 0 bridgehead atoms. The fraction of sp³-hybridized carbons (Fsp3) is 0.292. The number of nitrogens with two attached hydrogens (primary N) is 2. The molecule has 32 heavy (non-hydrogen) atoms. The predicted molar refractivity (Wildman–Crippen MR) is 121 cm³/mol. The number of benzene rings is 2. The number of nitrogens with zero attached hydrogens (tertiary/aromatic N) is 2. The molecule has 2 aromatic carbocycles. The number of nitrogen functional groups attached to an aromatic ring is 1. The van der Waals surface area contributed by atoms with Gasteiger partial charge in [-0.3, -0.25) is 9.59 Å². The second-order valence-corrected chi connectivity index (χ2v) is 8.10. The van der Waals surface area contributed by atoms with E-state index in [-0.39, 0.29) is 17.6 Å². The SMILES string of the molecule is Nc1nccc2cc(CNC(=O)[C@@H]3CCCN3C(=O)C(N)Cc3ccc(F)cc3)ccc12. The van der Waals surface area contributed by atoms with Crippen LogP contribution in [0.4, 0.5) is 10.2 Å². The maximum Gasteiger partial charge on any atom is 0.243 e. The molecule has 3 aromatic rings. The van der Waals surface area contributed by atoms with Gasteiger partial charge >= 0.3 is 0 Å². The first-order valence-corrected chi connectivity index (χ1v) is 10.6. The molecule has 1 aliphatic rings. The highest BCUT2D eigenvalue weighted by atomic mass is 19.1. The number of fused-ring (bicyclic) bond motifs is 1. The molecular formula is C24H26FN5O2. The monoisotopic (exact) mass is 435 g/mol.